The van der Waals surface area contributed by atoms with Gasteiger partial charge in [-0.3, -0.25) is 9.59 Å². The fourth-order valence-corrected chi connectivity index (χ4v) is 3.36. The van der Waals surface area contributed by atoms with E-state index in [1.165, 1.54) is 11.1 Å². The van der Waals surface area contributed by atoms with E-state index in [0.717, 1.165) is 11.1 Å². The molecule has 0 saturated heterocycles. The van der Waals surface area contributed by atoms with E-state index >= 15 is 0 Å². The van der Waals surface area contributed by atoms with Crippen LogP contribution < -0.4 is 5.32 Å². The van der Waals surface area contributed by atoms with Gasteiger partial charge in [-0.25, -0.2) is 0 Å². The smallest absolute Gasteiger partial charge is 0.242 e. The van der Waals surface area contributed by atoms with Crippen LogP contribution in [-0.2, 0) is 28.0 Å². The standard InChI is InChI=1S/C26H36N2O2/c1-7-27-25(30)20(3)28(18-22-10-8-19(2)9-11-22)24(29)17-14-21-12-15-23(16-13-21)26(4,5)6/h8-13,15-16,20H,7,14,17-18H2,1-6H3,(H,27,30)/t20-/m1/s1. The van der Waals surface area contributed by atoms with Crippen LogP contribution in [0, 0.1) is 6.92 Å². The normalized spacial score (nSPS) is 12.3. The minimum absolute atomic E-state index is 0.00535. The Morgan fingerprint density at radius 3 is 2.07 bits per heavy atom. The molecule has 0 radical (unpaired) electrons. The van der Waals surface area contributed by atoms with Crippen LogP contribution in [0.4, 0.5) is 0 Å². The van der Waals surface area contributed by atoms with Gasteiger partial charge >= 0.3 is 0 Å². The number of hydrogen-bond acceptors (Lipinski definition) is 2. The molecule has 162 valence electrons. The number of likely N-dealkylation sites (N-methyl/N-ethyl adjacent to an activating group) is 1. The van der Waals surface area contributed by atoms with E-state index in [1.807, 2.05) is 38.1 Å². The molecule has 0 heterocycles. The molecule has 2 rings (SSSR count). The molecular formula is C26H36N2O2. The van der Waals surface area contributed by atoms with Crippen LogP contribution in [0.15, 0.2) is 48.5 Å². The van der Waals surface area contributed by atoms with E-state index in [9.17, 15) is 9.59 Å². The van der Waals surface area contributed by atoms with Gasteiger partial charge < -0.3 is 10.2 Å². The summed E-state index contributed by atoms with van der Waals surface area (Å²) in [6.45, 7) is 13.3. The summed E-state index contributed by atoms with van der Waals surface area (Å²) < 4.78 is 0. The van der Waals surface area contributed by atoms with E-state index in [-0.39, 0.29) is 17.2 Å². The van der Waals surface area contributed by atoms with Crippen molar-refractivity contribution in [3.8, 4) is 0 Å². The summed E-state index contributed by atoms with van der Waals surface area (Å²) in [6.07, 6.45) is 1.04. The van der Waals surface area contributed by atoms with Crippen molar-refractivity contribution in [3.63, 3.8) is 0 Å². The molecule has 0 spiro atoms. The monoisotopic (exact) mass is 408 g/mol. The van der Waals surface area contributed by atoms with E-state index in [0.29, 0.717) is 25.9 Å². The Hall–Kier alpha value is -2.62. The summed E-state index contributed by atoms with van der Waals surface area (Å²) in [5, 5.41) is 2.84. The predicted octanol–water partition coefficient (Wildman–Crippen LogP) is 4.78. The van der Waals surface area contributed by atoms with Gasteiger partial charge in [0.05, 0.1) is 0 Å². The zero-order valence-corrected chi connectivity index (χ0v) is 19.3. The fraction of sp³-hybridized carbons (Fsp3) is 0.462. The quantitative estimate of drug-likeness (QED) is 0.683. The minimum Gasteiger partial charge on any atom is -0.355 e. The average molecular weight is 409 g/mol. The lowest BCUT2D eigenvalue weighted by Gasteiger charge is -2.29. The van der Waals surface area contributed by atoms with Crippen molar-refractivity contribution in [2.24, 2.45) is 0 Å². The first-order chi connectivity index (χ1) is 14.1. The largest absolute Gasteiger partial charge is 0.355 e. The van der Waals surface area contributed by atoms with Gasteiger partial charge in [-0.15, -0.1) is 0 Å². The van der Waals surface area contributed by atoms with Crippen LogP contribution in [0.5, 0.6) is 0 Å². The first-order valence-corrected chi connectivity index (χ1v) is 10.8. The van der Waals surface area contributed by atoms with Gasteiger partial charge in [0.25, 0.3) is 0 Å². The lowest BCUT2D eigenvalue weighted by atomic mass is 9.86. The van der Waals surface area contributed by atoms with Crippen molar-refractivity contribution in [2.45, 2.75) is 72.4 Å². The van der Waals surface area contributed by atoms with E-state index in [1.54, 1.807) is 11.8 Å². The molecular weight excluding hydrogens is 372 g/mol. The molecule has 4 nitrogen and oxygen atoms in total. The number of rotatable bonds is 8. The molecule has 1 atom stereocenters. The third kappa shape index (κ3) is 6.72. The molecule has 0 aliphatic heterocycles. The third-order valence-corrected chi connectivity index (χ3v) is 5.44. The summed E-state index contributed by atoms with van der Waals surface area (Å²) in [5.74, 6) is -0.123. The summed E-state index contributed by atoms with van der Waals surface area (Å²) >= 11 is 0. The average Bonchev–Trinajstić information content (AvgIpc) is 2.71. The summed E-state index contributed by atoms with van der Waals surface area (Å²) in [6, 6.07) is 16.1. The lowest BCUT2D eigenvalue weighted by molar-refractivity contribution is -0.140. The number of amides is 2. The SMILES string of the molecule is CCNC(=O)[C@@H](C)N(Cc1ccc(C)cc1)C(=O)CCc1ccc(C(C)(C)C)cc1. The molecule has 4 heteroatoms. The van der Waals surface area contributed by atoms with Crippen molar-refractivity contribution >= 4 is 11.8 Å². The Balaban J connectivity index is 2.11. The molecule has 2 amide bonds. The van der Waals surface area contributed by atoms with Crippen molar-refractivity contribution < 1.29 is 9.59 Å². The Labute approximate surface area is 181 Å². The first kappa shape index (κ1) is 23.7. The number of hydrogen-bond donors (Lipinski definition) is 1. The van der Waals surface area contributed by atoms with E-state index in [2.05, 4.69) is 50.4 Å². The first-order valence-electron chi connectivity index (χ1n) is 10.8. The number of carbonyl (C=O) groups excluding carboxylic acids is 2. The molecule has 0 unspecified atom stereocenters. The lowest BCUT2D eigenvalue weighted by Crippen LogP contribution is -2.47. The number of carbonyl (C=O) groups is 2. The van der Waals surface area contributed by atoms with Crippen molar-refractivity contribution in [1.29, 1.82) is 0 Å². The molecule has 1 N–H and O–H groups in total. The van der Waals surface area contributed by atoms with Gasteiger partial charge in [-0.2, -0.15) is 0 Å². The minimum atomic E-state index is -0.512. The Morgan fingerprint density at radius 1 is 0.967 bits per heavy atom. The zero-order valence-electron chi connectivity index (χ0n) is 19.3. The number of nitrogens with one attached hydrogen (secondary N) is 1. The fourth-order valence-electron chi connectivity index (χ4n) is 3.36. The summed E-state index contributed by atoms with van der Waals surface area (Å²) in [5.41, 5.74) is 4.73. The van der Waals surface area contributed by atoms with Crippen molar-refractivity contribution in [2.75, 3.05) is 6.54 Å². The van der Waals surface area contributed by atoms with Crippen molar-refractivity contribution in [1.82, 2.24) is 10.2 Å². The van der Waals surface area contributed by atoms with Crippen LogP contribution in [0.3, 0.4) is 0 Å². The van der Waals surface area contributed by atoms with Crippen LogP contribution in [0.1, 0.15) is 63.3 Å². The maximum atomic E-state index is 13.1. The Bertz CT molecular complexity index is 833. The number of benzene rings is 2. The van der Waals surface area contributed by atoms with Crippen LogP contribution in [0.25, 0.3) is 0 Å². The summed E-state index contributed by atoms with van der Waals surface area (Å²) in [4.78, 5) is 27.2. The van der Waals surface area contributed by atoms with Crippen molar-refractivity contribution in [3.05, 3.63) is 70.8 Å². The van der Waals surface area contributed by atoms with Gasteiger partial charge in [-0.05, 0) is 49.3 Å². The molecule has 0 saturated carbocycles. The molecule has 0 aromatic heterocycles. The molecule has 0 aliphatic carbocycles. The maximum absolute atomic E-state index is 13.1. The molecule has 0 bridgehead atoms. The maximum Gasteiger partial charge on any atom is 0.242 e. The van der Waals surface area contributed by atoms with Crippen LogP contribution >= 0.6 is 0 Å². The van der Waals surface area contributed by atoms with E-state index in [4.69, 9.17) is 0 Å². The third-order valence-electron chi connectivity index (χ3n) is 5.44. The molecule has 0 fully saturated rings. The predicted molar refractivity (Wildman–Crippen MR) is 123 cm³/mol. The van der Waals surface area contributed by atoms with Crippen LogP contribution in [0.2, 0.25) is 0 Å². The highest BCUT2D eigenvalue weighted by atomic mass is 16.2. The molecule has 2 aromatic carbocycles. The highest BCUT2D eigenvalue weighted by Gasteiger charge is 2.25. The summed E-state index contributed by atoms with van der Waals surface area (Å²) in [7, 11) is 0. The Kier molecular flexibility index (Phi) is 8.22. The molecule has 30 heavy (non-hydrogen) atoms. The van der Waals surface area contributed by atoms with Crippen LogP contribution in [-0.4, -0.2) is 29.3 Å². The second kappa shape index (κ2) is 10.4. The second-order valence-corrected chi connectivity index (χ2v) is 9.02. The van der Waals surface area contributed by atoms with Gasteiger partial charge in [0.15, 0.2) is 0 Å². The second-order valence-electron chi connectivity index (χ2n) is 9.02. The number of nitrogens with zero attached hydrogens (tertiary/aromatic N) is 1. The highest BCUT2D eigenvalue weighted by Crippen LogP contribution is 2.22. The topological polar surface area (TPSA) is 49.4 Å². The molecule has 0 aliphatic rings. The van der Waals surface area contributed by atoms with Gasteiger partial charge in [-0.1, -0.05) is 74.9 Å². The van der Waals surface area contributed by atoms with Gasteiger partial charge in [0, 0.05) is 19.5 Å². The molecule has 2 aromatic rings. The van der Waals surface area contributed by atoms with E-state index < -0.39 is 6.04 Å². The highest BCUT2D eigenvalue weighted by molar-refractivity contribution is 5.87. The zero-order chi connectivity index (χ0) is 22.3. The van der Waals surface area contributed by atoms with Gasteiger partial charge in [0.2, 0.25) is 11.8 Å². The number of aryl methyl sites for hydroxylation is 2. The Morgan fingerprint density at radius 2 is 1.53 bits per heavy atom. The van der Waals surface area contributed by atoms with Gasteiger partial charge in [0.1, 0.15) is 6.04 Å².